The number of aromatic hydroxyl groups is 3. The molecule has 1 amide bonds. The van der Waals surface area contributed by atoms with Crippen LogP contribution in [0.5, 0.6) is 17.2 Å². The summed E-state index contributed by atoms with van der Waals surface area (Å²) in [7, 11) is 0. The van der Waals surface area contributed by atoms with Crippen molar-refractivity contribution in [1.29, 1.82) is 0 Å². The Morgan fingerprint density at radius 3 is 2.06 bits per heavy atom. The second-order valence-electron chi connectivity index (χ2n) is 3.40. The van der Waals surface area contributed by atoms with E-state index < -0.39 is 35.2 Å². The minimum atomic E-state index is -1.22. The standard InChI is InChI=1S/C10H11NO6/c1-4(10(16)17)11-9(15)5-2-6(12)8(14)7(13)3-5/h2-4,12-14H,1H3,(H,11,15)(H,16,17)/t4-/m0/s1. The molecule has 1 rings (SSSR count). The summed E-state index contributed by atoms with van der Waals surface area (Å²) in [4.78, 5) is 22.0. The second kappa shape index (κ2) is 4.60. The van der Waals surface area contributed by atoms with E-state index in [2.05, 4.69) is 5.32 Å². The van der Waals surface area contributed by atoms with Gasteiger partial charge in [0.15, 0.2) is 17.2 Å². The van der Waals surface area contributed by atoms with E-state index in [1.807, 2.05) is 0 Å². The van der Waals surface area contributed by atoms with E-state index >= 15 is 0 Å². The first kappa shape index (κ1) is 12.6. The SMILES string of the molecule is C[C@H](NC(=O)c1cc(O)c(O)c(O)c1)C(=O)O. The predicted molar refractivity (Wildman–Crippen MR) is 56.0 cm³/mol. The summed E-state index contributed by atoms with van der Waals surface area (Å²) in [6.45, 7) is 1.26. The Hall–Kier alpha value is -2.44. The Bertz CT molecular complexity index is 447. The number of carbonyl (C=O) groups is 2. The zero-order chi connectivity index (χ0) is 13.2. The predicted octanol–water partition coefficient (Wildman–Crippen LogP) is 0.00630. The van der Waals surface area contributed by atoms with Crippen molar-refractivity contribution in [2.75, 3.05) is 0 Å². The molecule has 0 saturated heterocycles. The van der Waals surface area contributed by atoms with Gasteiger partial charge >= 0.3 is 5.97 Å². The quantitative estimate of drug-likeness (QED) is 0.474. The lowest BCUT2D eigenvalue weighted by atomic mass is 10.1. The molecule has 7 heteroatoms. The van der Waals surface area contributed by atoms with E-state index in [1.165, 1.54) is 6.92 Å². The second-order valence-corrected chi connectivity index (χ2v) is 3.40. The van der Waals surface area contributed by atoms with Gasteiger partial charge < -0.3 is 25.7 Å². The number of hydrogen-bond acceptors (Lipinski definition) is 5. The number of phenols is 3. The van der Waals surface area contributed by atoms with Gasteiger partial charge in [-0.25, -0.2) is 0 Å². The largest absolute Gasteiger partial charge is 0.504 e. The molecule has 92 valence electrons. The summed E-state index contributed by atoms with van der Waals surface area (Å²) in [5, 5.41) is 38.1. The van der Waals surface area contributed by atoms with Crippen LogP contribution in [0.2, 0.25) is 0 Å². The van der Waals surface area contributed by atoms with Crippen LogP contribution in [-0.2, 0) is 4.79 Å². The maximum Gasteiger partial charge on any atom is 0.325 e. The summed E-state index contributed by atoms with van der Waals surface area (Å²) in [6.07, 6.45) is 0. The van der Waals surface area contributed by atoms with Crippen molar-refractivity contribution in [1.82, 2.24) is 5.32 Å². The monoisotopic (exact) mass is 241 g/mol. The first-order valence-corrected chi connectivity index (χ1v) is 4.61. The lowest BCUT2D eigenvalue weighted by Gasteiger charge is -2.10. The normalized spacial score (nSPS) is 11.8. The summed E-state index contributed by atoms with van der Waals surface area (Å²) in [5.41, 5.74) is -0.161. The molecule has 0 heterocycles. The van der Waals surface area contributed by atoms with Crippen LogP contribution < -0.4 is 5.32 Å². The number of phenolic OH excluding ortho intramolecular Hbond substituents is 3. The minimum absolute atomic E-state index is 0.161. The molecule has 7 nitrogen and oxygen atoms in total. The Morgan fingerprint density at radius 2 is 1.65 bits per heavy atom. The van der Waals surface area contributed by atoms with E-state index in [1.54, 1.807) is 0 Å². The van der Waals surface area contributed by atoms with Crippen LogP contribution in [0.1, 0.15) is 17.3 Å². The van der Waals surface area contributed by atoms with E-state index in [-0.39, 0.29) is 5.56 Å². The first-order valence-electron chi connectivity index (χ1n) is 4.61. The van der Waals surface area contributed by atoms with Crippen LogP contribution in [0.15, 0.2) is 12.1 Å². The molecule has 1 aromatic rings. The third-order valence-corrected chi connectivity index (χ3v) is 2.05. The molecule has 0 aromatic heterocycles. The minimum Gasteiger partial charge on any atom is -0.504 e. The molecular weight excluding hydrogens is 230 g/mol. The van der Waals surface area contributed by atoms with Gasteiger partial charge in [0.25, 0.3) is 5.91 Å². The molecule has 0 aliphatic heterocycles. The van der Waals surface area contributed by atoms with Crippen LogP contribution in [0.4, 0.5) is 0 Å². The molecule has 0 aliphatic rings. The molecule has 1 aromatic carbocycles. The number of rotatable bonds is 3. The summed E-state index contributed by atoms with van der Waals surface area (Å²) >= 11 is 0. The average Bonchev–Trinajstić information content (AvgIpc) is 2.24. The van der Waals surface area contributed by atoms with Crippen molar-refractivity contribution in [2.45, 2.75) is 13.0 Å². The van der Waals surface area contributed by atoms with E-state index in [0.29, 0.717) is 0 Å². The number of hydrogen-bond donors (Lipinski definition) is 5. The van der Waals surface area contributed by atoms with Crippen LogP contribution >= 0.6 is 0 Å². The van der Waals surface area contributed by atoms with Crippen LogP contribution in [0.3, 0.4) is 0 Å². The highest BCUT2D eigenvalue weighted by atomic mass is 16.4. The molecule has 0 aliphatic carbocycles. The molecule has 0 radical (unpaired) electrons. The topological polar surface area (TPSA) is 127 Å². The molecule has 0 fully saturated rings. The van der Waals surface area contributed by atoms with Gasteiger partial charge in [-0.05, 0) is 19.1 Å². The third-order valence-electron chi connectivity index (χ3n) is 2.05. The highest BCUT2D eigenvalue weighted by Crippen LogP contribution is 2.35. The average molecular weight is 241 g/mol. The number of carboxylic acids is 1. The molecule has 0 unspecified atom stereocenters. The molecule has 0 spiro atoms. The zero-order valence-electron chi connectivity index (χ0n) is 8.84. The van der Waals surface area contributed by atoms with E-state index in [0.717, 1.165) is 12.1 Å². The Kier molecular flexibility index (Phi) is 3.42. The first-order chi connectivity index (χ1) is 7.82. The Balaban J connectivity index is 2.94. The fourth-order valence-electron chi connectivity index (χ4n) is 1.08. The Morgan fingerprint density at radius 1 is 1.18 bits per heavy atom. The maximum atomic E-state index is 11.5. The van der Waals surface area contributed by atoms with Crippen molar-refractivity contribution >= 4 is 11.9 Å². The zero-order valence-corrected chi connectivity index (χ0v) is 8.84. The van der Waals surface area contributed by atoms with Crippen molar-refractivity contribution in [3.8, 4) is 17.2 Å². The molecular formula is C10H11NO6. The lowest BCUT2D eigenvalue weighted by molar-refractivity contribution is -0.138. The molecule has 17 heavy (non-hydrogen) atoms. The van der Waals surface area contributed by atoms with E-state index in [9.17, 15) is 9.59 Å². The summed E-state index contributed by atoms with van der Waals surface area (Å²) in [5.74, 6) is -4.08. The van der Waals surface area contributed by atoms with Crippen LogP contribution in [0, 0.1) is 0 Å². The third kappa shape index (κ3) is 2.77. The number of amides is 1. The molecule has 1 atom stereocenters. The summed E-state index contributed by atoms with van der Waals surface area (Å²) < 4.78 is 0. The number of nitrogens with one attached hydrogen (secondary N) is 1. The molecule has 0 bridgehead atoms. The number of aliphatic carboxylic acids is 1. The van der Waals surface area contributed by atoms with Crippen molar-refractivity contribution in [2.24, 2.45) is 0 Å². The highest BCUT2D eigenvalue weighted by Gasteiger charge is 2.18. The van der Waals surface area contributed by atoms with Gasteiger partial charge in [-0.1, -0.05) is 0 Å². The smallest absolute Gasteiger partial charge is 0.325 e. The molecule has 0 saturated carbocycles. The fraction of sp³-hybridized carbons (Fsp3) is 0.200. The van der Waals surface area contributed by atoms with Crippen molar-refractivity contribution in [3.05, 3.63) is 17.7 Å². The van der Waals surface area contributed by atoms with Gasteiger partial charge in [0.1, 0.15) is 6.04 Å². The van der Waals surface area contributed by atoms with Crippen molar-refractivity contribution < 1.29 is 30.0 Å². The molecule has 5 N–H and O–H groups in total. The van der Waals surface area contributed by atoms with Gasteiger partial charge in [0.2, 0.25) is 0 Å². The van der Waals surface area contributed by atoms with E-state index in [4.69, 9.17) is 20.4 Å². The van der Waals surface area contributed by atoms with Gasteiger partial charge in [-0.2, -0.15) is 0 Å². The maximum absolute atomic E-state index is 11.5. The van der Waals surface area contributed by atoms with Gasteiger partial charge in [-0.15, -0.1) is 0 Å². The van der Waals surface area contributed by atoms with Gasteiger partial charge in [0, 0.05) is 5.56 Å². The fourth-order valence-corrected chi connectivity index (χ4v) is 1.08. The van der Waals surface area contributed by atoms with Crippen molar-refractivity contribution in [3.63, 3.8) is 0 Å². The lowest BCUT2D eigenvalue weighted by Crippen LogP contribution is -2.38. The number of carboxylic acid groups (broad SMARTS) is 1. The van der Waals surface area contributed by atoms with Crippen LogP contribution in [0.25, 0.3) is 0 Å². The van der Waals surface area contributed by atoms with Gasteiger partial charge in [-0.3, -0.25) is 9.59 Å². The van der Waals surface area contributed by atoms with Crippen LogP contribution in [-0.4, -0.2) is 38.3 Å². The van der Waals surface area contributed by atoms with Gasteiger partial charge in [0.05, 0.1) is 0 Å². The Labute approximate surface area is 95.9 Å². The summed E-state index contributed by atoms with van der Waals surface area (Å²) in [6, 6.07) is 0.721. The number of benzene rings is 1. The highest BCUT2D eigenvalue weighted by molar-refractivity contribution is 5.97. The number of carbonyl (C=O) groups excluding carboxylic acids is 1.